The molecule has 2 rings (SSSR count). The summed E-state index contributed by atoms with van der Waals surface area (Å²) in [5, 5.41) is 0. The van der Waals surface area contributed by atoms with Gasteiger partial charge in [0.2, 0.25) is 6.08 Å². The van der Waals surface area contributed by atoms with Crippen LogP contribution in [0.5, 0.6) is 0 Å². The van der Waals surface area contributed by atoms with Gasteiger partial charge in [-0.1, -0.05) is 42.1 Å². The Bertz CT molecular complexity index is 574. The second-order valence-electron chi connectivity index (χ2n) is 3.54. The van der Waals surface area contributed by atoms with Gasteiger partial charge in [0, 0.05) is 9.79 Å². The van der Waals surface area contributed by atoms with E-state index in [1.165, 1.54) is 10.5 Å². The van der Waals surface area contributed by atoms with E-state index in [0.717, 1.165) is 4.90 Å². The minimum Gasteiger partial charge on any atom is -0.211 e. The number of para-hydroxylation sites is 1. The van der Waals surface area contributed by atoms with Gasteiger partial charge >= 0.3 is 0 Å². The highest BCUT2D eigenvalue weighted by atomic mass is 32.2. The van der Waals surface area contributed by atoms with Gasteiger partial charge in [-0.25, -0.2) is 4.79 Å². The van der Waals surface area contributed by atoms with E-state index in [0.29, 0.717) is 5.69 Å². The van der Waals surface area contributed by atoms with Crippen LogP contribution in [0.4, 0.5) is 5.69 Å². The Kier molecular flexibility index (Phi) is 3.76. The topological polar surface area (TPSA) is 29.4 Å². The molecule has 0 saturated heterocycles. The molecule has 2 aromatic rings. The van der Waals surface area contributed by atoms with Crippen molar-refractivity contribution in [3.8, 4) is 0 Å². The Morgan fingerprint density at radius 2 is 1.65 bits per heavy atom. The van der Waals surface area contributed by atoms with Crippen LogP contribution < -0.4 is 0 Å². The first kappa shape index (κ1) is 11.6. The molecule has 0 amide bonds. The molecule has 0 aliphatic rings. The lowest BCUT2D eigenvalue weighted by atomic mass is 10.2. The standard InChI is InChI=1S/C14H11NOS/c1-11-6-2-4-8-13(11)17-14-9-5-3-7-12(14)15-10-16/h2-9H,1H3. The van der Waals surface area contributed by atoms with Crippen molar-refractivity contribution in [3.05, 3.63) is 54.1 Å². The SMILES string of the molecule is Cc1ccccc1Sc1ccccc1N=C=O. The fraction of sp³-hybridized carbons (Fsp3) is 0.0714. The first-order chi connectivity index (χ1) is 8.31. The summed E-state index contributed by atoms with van der Waals surface area (Å²) >= 11 is 1.61. The number of hydrogen-bond acceptors (Lipinski definition) is 3. The zero-order chi connectivity index (χ0) is 12.1. The summed E-state index contributed by atoms with van der Waals surface area (Å²) in [6.07, 6.45) is 1.59. The molecule has 0 spiro atoms. The molecule has 0 atom stereocenters. The Morgan fingerprint density at radius 3 is 2.35 bits per heavy atom. The normalized spacial score (nSPS) is 9.71. The molecule has 84 valence electrons. The summed E-state index contributed by atoms with van der Waals surface area (Å²) in [7, 11) is 0. The van der Waals surface area contributed by atoms with E-state index < -0.39 is 0 Å². The molecule has 17 heavy (non-hydrogen) atoms. The second-order valence-corrected chi connectivity index (χ2v) is 4.62. The largest absolute Gasteiger partial charge is 0.240 e. The van der Waals surface area contributed by atoms with E-state index in [-0.39, 0.29) is 0 Å². The van der Waals surface area contributed by atoms with Crippen molar-refractivity contribution in [1.82, 2.24) is 0 Å². The Balaban J connectivity index is 2.36. The van der Waals surface area contributed by atoms with Crippen LogP contribution in [0, 0.1) is 6.92 Å². The monoisotopic (exact) mass is 241 g/mol. The Hall–Kier alpha value is -1.83. The van der Waals surface area contributed by atoms with Crippen molar-refractivity contribution in [3.63, 3.8) is 0 Å². The fourth-order valence-electron chi connectivity index (χ4n) is 1.47. The van der Waals surface area contributed by atoms with E-state index >= 15 is 0 Å². The molecule has 0 radical (unpaired) electrons. The van der Waals surface area contributed by atoms with Gasteiger partial charge in [-0.15, -0.1) is 0 Å². The van der Waals surface area contributed by atoms with E-state index in [1.54, 1.807) is 17.8 Å². The molecule has 0 aliphatic carbocycles. The van der Waals surface area contributed by atoms with Crippen molar-refractivity contribution in [2.24, 2.45) is 4.99 Å². The van der Waals surface area contributed by atoms with E-state index in [1.807, 2.05) is 36.4 Å². The smallest absolute Gasteiger partial charge is 0.211 e. The van der Waals surface area contributed by atoms with Gasteiger partial charge in [0.1, 0.15) is 0 Å². The summed E-state index contributed by atoms with van der Waals surface area (Å²) in [6, 6.07) is 15.7. The summed E-state index contributed by atoms with van der Waals surface area (Å²) in [5.74, 6) is 0. The quantitative estimate of drug-likeness (QED) is 0.597. The minimum absolute atomic E-state index is 0.663. The van der Waals surface area contributed by atoms with Gasteiger partial charge in [0.15, 0.2) is 0 Å². The van der Waals surface area contributed by atoms with Crippen molar-refractivity contribution in [2.75, 3.05) is 0 Å². The van der Waals surface area contributed by atoms with Crippen LogP contribution in [0.25, 0.3) is 0 Å². The van der Waals surface area contributed by atoms with Gasteiger partial charge in [-0.05, 0) is 30.7 Å². The predicted octanol–water partition coefficient (Wildman–Crippen LogP) is 4.11. The van der Waals surface area contributed by atoms with Gasteiger partial charge in [0.25, 0.3) is 0 Å². The zero-order valence-electron chi connectivity index (χ0n) is 9.38. The van der Waals surface area contributed by atoms with Crippen molar-refractivity contribution < 1.29 is 4.79 Å². The number of benzene rings is 2. The fourth-order valence-corrected chi connectivity index (χ4v) is 2.45. The lowest BCUT2D eigenvalue weighted by Gasteiger charge is -2.06. The molecule has 0 N–H and O–H groups in total. The first-order valence-corrected chi connectivity index (χ1v) is 6.03. The maximum atomic E-state index is 10.3. The minimum atomic E-state index is 0.663. The molecule has 0 heterocycles. The summed E-state index contributed by atoms with van der Waals surface area (Å²) in [5.41, 5.74) is 1.87. The number of aryl methyl sites for hydroxylation is 1. The second kappa shape index (κ2) is 5.48. The molecule has 2 nitrogen and oxygen atoms in total. The highest BCUT2D eigenvalue weighted by Gasteiger charge is 2.04. The van der Waals surface area contributed by atoms with Gasteiger partial charge < -0.3 is 0 Å². The van der Waals surface area contributed by atoms with Gasteiger partial charge in [-0.2, -0.15) is 4.99 Å². The number of hydrogen-bond donors (Lipinski definition) is 0. The van der Waals surface area contributed by atoms with E-state index in [2.05, 4.69) is 24.0 Å². The molecule has 0 unspecified atom stereocenters. The molecule has 0 aliphatic heterocycles. The zero-order valence-corrected chi connectivity index (χ0v) is 10.2. The predicted molar refractivity (Wildman–Crippen MR) is 69.5 cm³/mol. The van der Waals surface area contributed by atoms with E-state index in [4.69, 9.17) is 0 Å². The third kappa shape index (κ3) is 2.84. The third-order valence-electron chi connectivity index (χ3n) is 2.34. The number of carbonyl (C=O) groups excluding carboxylic acids is 1. The first-order valence-electron chi connectivity index (χ1n) is 5.21. The van der Waals surface area contributed by atoms with Crippen molar-refractivity contribution >= 4 is 23.5 Å². The van der Waals surface area contributed by atoms with Crippen LogP contribution in [-0.4, -0.2) is 6.08 Å². The highest BCUT2D eigenvalue weighted by Crippen LogP contribution is 2.35. The molecule has 0 saturated carbocycles. The average molecular weight is 241 g/mol. The number of isocyanates is 1. The van der Waals surface area contributed by atoms with Crippen LogP contribution >= 0.6 is 11.8 Å². The van der Waals surface area contributed by atoms with Gasteiger partial charge in [0.05, 0.1) is 5.69 Å². The molecule has 0 bridgehead atoms. The lowest BCUT2D eigenvalue weighted by Crippen LogP contribution is -1.79. The van der Waals surface area contributed by atoms with Crippen LogP contribution in [0.1, 0.15) is 5.56 Å². The van der Waals surface area contributed by atoms with Crippen molar-refractivity contribution in [2.45, 2.75) is 16.7 Å². The number of rotatable bonds is 3. The Morgan fingerprint density at radius 1 is 1.00 bits per heavy atom. The summed E-state index contributed by atoms with van der Waals surface area (Å²) < 4.78 is 0. The molecule has 3 heteroatoms. The van der Waals surface area contributed by atoms with Crippen molar-refractivity contribution in [1.29, 1.82) is 0 Å². The summed E-state index contributed by atoms with van der Waals surface area (Å²) in [4.78, 5) is 16.2. The highest BCUT2D eigenvalue weighted by molar-refractivity contribution is 7.99. The molecular weight excluding hydrogens is 230 g/mol. The van der Waals surface area contributed by atoms with Crippen LogP contribution in [0.3, 0.4) is 0 Å². The maximum Gasteiger partial charge on any atom is 0.240 e. The number of aliphatic imine (C=N–C) groups is 1. The van der Waals surface area contributed by atoms with Crippen LogP contribution in [0.2, 0.25) is 0 Å². The Labute approximate surface area is 104 Å². The molecule has 0 fully saturated rings. The maximum absolute atomic E-state index is 10.3. The molecule has 2 aromatic carbocycles. The lowest BCUT2D eigenvalue weighted by molar-refractivity contribution is 0.565. The summed E-state index contributed by atoms with van der Waals surface area (Å²) in [6.45, 7) is 2.06. The third-order valence-corrected chi connectivity index (χ3v) is 3.59. The van der Waals surface area contributed by atoms with Gasteiger partial charge in [-0.3, -0.25) is 0 Å². The average Bonchev–Trinajstić information content (AvgIpc) is 2.35. The van der Waals surface area contributed by atoms with Crippen LogP contribution in [0.15, 0.2) is 63.3 Å². The van der Waals surface area contributed by atoms with E-state index in [9.17, 15) is 4.79 Å². The van der Waals surface area contributed by atoms with Crippen LogP contribution in [-0.2, 0) is 4.79 Å². The molecular formula is C14H11NOS. The number of nitrogens with zero attached hydrogens (tertiary/aromatic N) is 1. The molecule has 0 aromatic heterocycles.